The fourth-order valence-electron chi connectivity index (χ4n) is 2.74. The van der Waals surface area contributed by atoms with Crippen LogP contribution in [0.3, 0.4) is 0 Å². The number of rotatable bonds is 1. The molecule has 2 rings (SSSR count). The van der Waals surface area contributed by atoms with Crippen molar-refractivity contribution in [2.45, 2.75) is 45.8 Å². The average Bonchev–Trinajstić information content (AvgIpc) is 2.44. The van der Waals surface area contributed by atoms with Gasteiger partial charge in [0.15, 0.2) is 0 Å². The zero-order valence-electron chi connectivity index (χ0n) is 13.8. The Kier molecular flexibility index (Phi) is 4.44. The monoisotopic (exact) mass is 305 g/mol. The Balaban J connectivity index is 2.29. The van der Waals surface area contributed by atoms with Crippen molar-refractivity contribution in [1.82, 2.24) is 4.90 Å². The molecule has 1 aromatic carbocycles. The molecule has 0 fully saturated rings. The van der Waals surface area contributed by atoms with Gasteiger partial charge in [-0.25, -0.2) is 9.59 Å². The van der Waals surface area contributed by atoms with Gasteiger partial charge < -0.3 is 14.4 Å². The predicted octanol–water partition coefficient (Wildman–Crippen LogP) is 3.33. The van der Waals surface area contributed by atoms with Gasteiger partial charge in [-0.15, -0.1) is 0 Å². The zero-order chi connectivity index (χ0) is 16.5. The highest BCUT2D eigenvalue weighted by Crippen LogP contribution is 2.32. The Labute approximate surface area is 131 Å². The summed E-state index contributed by atoms with van der Waals surface area (Å²) in [6, 6.07) is 5.40. The van der Waals surface area contributed by atoms with E-state index in [2.05, 4.69) is 0 Å². The fourth-order valence-corrected chi connectivity index (χ4v) is 2.74. The number of amides is 1. The van der Waals surface area contributed by atoms with E-state index in [-0.39, 0.29) is 18.1 Å². The molecule has 0 spiro atoms. The highest BCUT2D eigenvalue weighted by molar-refractivity contribution is 5.91. The van der Waals surface area contributed by atoms with Crippen molar-refractivity contribution in [3.63, 3.8) is 0 Å². The third kappa shape index (κ3) is 3.24. The van der Waals surface area contributed by atoms with Crippen LogP contribution in [0, 0.1) is 0 Å². The summed E-state index contributed by atoms with van der Waals surface area (Å²) in [6.07, 6.45) is 0.290. The lowest BCUT2D eigenvalue weighted by molar-refractivity contribution is 0.0159. The smallest absolute Gasteiger partial charge is 0.410 e. The summed E-state index contributed by atoms with van der Waals surface area (Å²) in [4.78, 5) is 25.9. The Hall–Kier alpha value is -2.04. The number of carbonyl (C=O) groups is 2. The molecule has 1 aromatic rings. The number of carbonyl (C=O) groups excluding carboxylic acids is 2. The number of fused-ring (bicyclic) bond motifs is 1. The number of methoxy groups -OCH3 is 1. The second-order valence-electron chi connectivity index (χ2n) is 6.46. The van der Waals surface area contributed by atoms with Gasteiger partial charge in [0.2, 0.25) is 0 Å². The molecule has 1 aliphatic rings. The molecule has 1 amide bonds. The summed E-state index contributed by atoms with van der Waals surface area (Å²) >= 11 is 0. The number of hydrogen-bond acceptors (Lipinski definition) is 4. The van der Waals surface area contributed by atoms with Gasteiger partial charge in [-0.3, -0.25) is 0 Å². The second-order valence-corrected chi connectivity index (χ2v) is 6.46. The molecule has 0 aromatic heterocycles. The molecule has 0 aliphatic carbocycles. The first-order valence-electron chi connectivity index (χ1n) is 7.44. The minimum absolute atomic E-state index is 0.136. The number of hydrogen-bond donors (Lipinski definition) is 0. The maximum absolute atomic E-state index is 12.3. The molecule has 0 bridgehead atoms. The van der Waals surface area contributed by atoms with Crippen LogP contribution in [0.25, 0.3) is 0 Å². The van der Waals surface area contributed by atoms with Gasteiger partial charge >= 0.3 is 12.1 Å². The fraction of sp³-hybridized carbons (Fsp3) is 0.529. The number of esters is 1. The van der Waals surface area contributed by atoms with Crippen LogP contribution in [0.2, 0.25) is 0 Å². The van der Waals surface area contributed by atoms with Crippen molar-refractivity contribution in [2.24, 2.45) is 0 Å². The molecule has 0 radical (unpaired) electrons. The molecule has 1 heterocycles. The van der Waals surface area contributed by atoms with Crippen molar-refractivity contribution < 1.29 is 19.1 Å². The SMILES string of the molecule is COC(=O)c1cccc2c1CCN(C(=O)OC(C)(C)C)C2C. The van der Waals surface area contributed by atoms with E-state index in [9.17, 15) is 9.59 Å². The molecule has 5 heteroatoms. The van der Waals surface area contributed by atoms with Crippen LogP contribution in [-0.4, -0.2) is 36.2 Å². The maximum atomic E-state index is 12.3. The highest BCUT2D eigenvalue weighted by Gasteiger charge is 2.32. The van der Waals surface area contributed by atoms with E-state index in [1.807, 2.05) is 39.8 Å². The summed E-state index contributed by atoms with van der Waals surface area (Å²) < 4.78 is 10.3. The topological polar surface area (TPSA) is 55.8 Å². The molecule has 22 heavy (non-hydrogen) atoms. The van der Waals surface area contributed by atoms with Crippen LogP contribution >= 0.6 is 0 Å². The van der Waals surface area contributed by atoms with Gasteiger partial charge in [0.05, 0.1) is 18.7 Å². The summed E-state index contributed by atoms with van der Waals surface area (Å²) in [5.41, 5.74) is 1.99. The molecular formula is C17H23NO4. The number of ether oxygens (including phenoxy) is 2. The molecule has 1 unspecified atom stereocenters. The predicted molar refractivity (Wildman–Crippen MR) is 82.8 cm³/mol. The van der Waals surface area contributed by atoms with Gasteiger partial charge in [0, 0.05) is 6.54 Å². The Morgan fingerprint density at radius 2 is 1.95 bits per heavy atom. The van der Waals surface area contributed by atoms with Crippen LogP contribution in [0.4, 0.5) is 4.79 Å². The Morgan fingerprint density at radius 1 is 1.27 bits per heavy atom. The van der Waals surface area contributed by atoms with E-state index in [1.54, 1.807) is 11.0 Å². The standard InChI is InChI=1S/C17H23NO4/c1-11-12-7-6-8-14(15(19)21-5)13(12)9-10-18(11)16(20)22-17(2,3)4/h6-8,11H,9-10H2,1-5H3. The Bertz CT molecular complexity index is 589. The zero-order valence-corrected chi connectivity index (χ0v) is 13.8. The van der Waals surface area contributed by atoms with Gasteiger partial charge in [-0.05, 0) is 51.3 Å². The summed E-state index contributed by atoms with van der Waals surface area (Å²) in [5, 5.41) is 0. The highest BCUT2D eigenvalue weighted by atomic mass is 16.6. The first-order chi connectivity index (χ1) is 10.2. The summed E-state index contributed by atoms with van der Waals surface area (Å²) in [5.74, 6) is -0.338. The van der Waals surface area contributed by atoms with E-state index >= 15 is 0 Å². The second kappa shape index (κ2) is 5.99. The lowest BCUT2D eigenvalue weighted by Crippen LogP contribution is -2.42. The largest absolute Gasteiger partial charge is 0.465 e. The lowest BCUT2D eigenvalue weighted by atomic mass is 9.90. The molecule has 0 N–H and O–H groups in total. The summed E-state index contributed by atoms with van der Waals surface area (Å²) in [6.45, 7) is 8.02. The van der Waals surface area contributed by atoms with Gasteiger partial charge in [-0.2, -0.15) is 0 Å². The van der Waals surface area contributed by atoms with Crippen LogP contribution in [0.1, 0.15) is 55.2 Å². The number of nitrogens with zero attached hydrogens (tertiary/aromatic N) is 1. The molecular weight excluding hydrogens is 282 g/mol. The van der Waals surface area contributed by atoms with E-state index in [0.29, 0.717) is 18.5 Å². The quantitative estimate of drug-likeness (QED) is 0.747. The van der Waals surface area contributed by atoms with Crippen molar-refractivity contribution in [3.05, 3.63) is 34.9 Å². The third-order valence-corrected chi connectivity index (χ3v) is 3.77. The van der Waals surface area contributed by atoms with Crippen molar-refractivity contribution in [3.8, 4) is 0 Å². The number of benzene rings is 1. The minimum atomic E-state index is -0.523. The average molecular weight is 305 g/mol. The Morgan fingerprint density at radius 3 is 2.55 bits per heavy atom. The third-order valence-electron chi connectivity index (χ3n) is 3.77. The van der Waals surface area contributed by atoms with Gasteiger partial charge in [-0.1, -0.05) is 12.1 Å². The van der Waals surface area contributed by atoms with Crippen LogP contribution in [0.15, 0.2) is 18.2 Å². The summed E-state index contributed by atoms with van der Waals surface area (Å²) in [7, 11) is 1.38. The minimum Gasteiger partial charge on any atom is -0.465 e. The van der Waals surface area contributed by atoms with E-state index < -0.39 is 5.60 Å². The first-order valence-corrected chi connectivity index (χ1v) is 7.44. The van der Waals surface area contributed by atoms with Crippen LogP contribution < -0.4 is 0 Å². The van der Waals surface area contributed by atoms with Gasteiger partial charge in [0.1, 0.15) is 5.60 Å². The van der Waals surface area contributed by atoms with Gasteiger partial charge in [0.25, 0.3) is 0 Å². The maximum Gasteiger partial charge on any atom is 0.410 e. The van der Waals surface area contributed by atoms with Crippen molar-refractivity contribution in [2.75, 3.05) is 13.7 Å². The normalized spacial score (nSPS) is 17.7. The molecule has 5 nitrogen and oxygen atoms in total. The van der Waals surface area contributed by atoms with Crippen LogP contribution in [0.5, 0.6) is 0 Å². The molecule has 1 aliphatic heterocycles. The van der Waals surface area contributed by atoms with Crippen molar-refractivity contribution in [1.29, 1.82) is 0 Å². The molecule has 1 atom stereocenters. The van der Waals surface area contributed by atoms with E-state index in [4.69, 9.17) is 9.47 Å². The first kappa shape index (κ1) is 16.3. The van der Waals surface area contributed by atoms with Crippen molar-refractivity contribution >= 4 is 12.1 Å². The van der Waals surface area contributed by atoms with E-state index in [1.165, 1.54) is 7.11 Å². The molecule has 0 saturated carbocycles. The molecule has 0 saturated heterocycles. The lowest BCUT2D eigenvalue weighted by Gasteiger charge is -2.36. The van der Waals surface area contributed by atoms with E-state index in [0.717, 1.165) is 11.1 Å². The van der Waals surface area contributed by atoms with Crippen LogP contribution in [-0.2, 0) is 15.9 Å². The molecule has 120 valence electrons.